The summed E-state index contributed by atoms with van der Waals surface area (Å²) in [5.74, 6) is -0.566. The molecule has 1 aliphatic heterocycles. The fourth-order valence-corrected chi connectivity index (χ4v) is 4.10. The van der Waals surface area contributed by atoms with E-state index in [-0.39, 0.29) is 30.7 Å². The molecule has 1 fully saturated rings. The maximum absolute atomic E-state index is 13.1. The Hall–Kier alpha value is -4.13. The Labute approximate surface area is 198 Å². The number of hydrogen-bond acceptors (Lipinski definition) is 4. The van der Waals surface area contributed by atoms with E-state index >= 15 is 0 Å². The predicted molar refractivity (Wildman–Crippen MR) is 132 cm³/mol. The van der Waals surface area contributed by atoms with Gasteiger partial charge in [-0.05, 0) is 61.4 Å². The number of carbonyl (C=O) groups is 3. The molecule has 1 heterocycles. The van der Waals surface area contributed by atoms with E-state index in [9.17, 15) is 14.4 Å². The smallest absolute Gasteiger partial charge is 0.256 e. The summed E-state index contributed by atoms with van der Waals surface area (Å²) < 4.78 is 5.41. The van der Waals surface area contributed by atoms with Gasteiger partial charge in [-0.2, -0.15) is 0 Å². The molecule has 1 aliphatic rings. The SMILES string of the molecule is COc1ccc(C)cc1N1CC(C(=O)Nc2cccc(C(=O)Nc3ccccc3)c2C)CC1=O. The van der Waals surface area contributed by atoms with Crippen LogP contribution in [0.5, 0.6) is 5.75 Å². The van der Waals surface area contributed by atoms with Crippen molar-refractivity contribution in [3.05, 3.63) is 83.4 Å². The monoisotopic (exact) mass is 457 g/mol. The molecule has 1 unspecified atom stereocenters. The fourth-order valence-electron chi connectivity index (χ4n) is 4.10. The lowest BCUT2D eigenvalue weighted by Gasteiger charge is -2.20. The van der Waals surface area contributed by atoms with Gasteiger partial charge in [-0.25, -0.2) is 0 Å². The Morgan fingerprint density at radius 2 is 1.74 bits per heavy atom. The van der Waals surface area contributed by atoms with E-state index in [1.54, 1.807) is 37.1 Å². The number of aryl methyl sites for hydroxylation is 1. The largest absolute Gasteiger partial charge is 0.495 e. The van der Waals surface area contributed by atoms with Crippen molar-refractivity contribution < 1.29 is 19.1 Å². The fraction of sp³-hybridized carbons (Fsp3) is 0.222. The molecule has 0 aliphatic carbocycles. The minimum atomic E-state index is -0.515. The van der Waals surface area contributed by atoms with Gasteiger partial charge < -0.3 is 20.3 Å². The first-order valence-corrected chi connectivity index (χ1v) is 11.1. The average molecular weight is 458 g/mol. The molecule has 7 heteroatoms. The second kappa shape index (κ2) is 9.79. The molecule has 3 amide bonds. The van der Waals surface area contributed by atoms with Gasteiger partial charge in [0.15, 0.2) is 0 Å². The first-order valence-electron chi connectivity index (χ1n) is 11.1. The number of nitrogens with one attached hydrogen (secondary N) is 2. The van der Waals surface area contributed by atoms with Crippen LogP contribution in [-0.2, 0) is 9.59 Å². The topological polar surface area (TPSA) is 87.7 Å². The van der Waals surface area contributed by atoms with Gasteiger partial charge >= 0.3 is 0 Å². The Kier molecular flexibility index (Phi) is 6.63. The van der Waals surface area contributed by atoms with Crippen LogP contribution < -0.4 is 20.3 Å². The Morgan fingerprint density at radius 3 is 2.47 bits per heavy atom. The molecule has 2 N–H and O–H groups in total. The van der Waals surface area contributed by atoms with Crippen molar-refractivity contribution in [1.29, 1.82) is 0 Å². The highest BCUT2D eigenvalue weighted by molar-refractivity contribution is 6.08. The minimum Gasteiger partial charge on any atom is -0.495 e. The molecular weight excluding hydrogens is 430 g/mol. The third kappa shape index (κ3) is 4.78. The number of rotatable bonds is 6. The lowest BCUT2D eigenvalue weighted by molar-refractivity contribution is -0.122. The number of benzene rings is 3. The van der Waals surface area contributed by atoms with Crippen molar-refractivity contribution in [3.8, 4) is 5.75 Å². The van der Waals surface area contributed by atoms with E-state index < -0.39 is 5.92 Å². The lowest BCUT2D eigenvalue weighted by atomic mass is 10.0. The summed E-state index contributed by atoms with van der Waals surface area (Å²) in [5.41, 5.74) is 4.03. The van der Waals surface area contributed by atoms with Crippen molar-refractivity contribution in [3.63, 3.8) is 0 Å². The Morgan fingerprint density at radius 1 is 0.971 bits per heavy atom. The van der Waals surface area contributed by atoms with Crippen LogP contribution in [0.4, 0.5) is 17.1 Å². The number of carbonyl (C=O) groups excluding carboxylic acids is 3. The number of ether oxygens (including phenoxy) is 1. The zero-order valence-corrected chi connectivity index (χ0v) is 19.4. The van der Waals surface area contributed by atoms with Crippen LogP contribution >= 0.6 is 0 Å². The molecule has 1 saturated heterocycles. The third-order valence-corrected chi connectivity index (χ3v) is 5.99. The van der Waals surface area contributed by atoms with Crippen molar-refractivity contribution in [2.45, 2.75) is 20.3 Å². The molecule has 0 bridgehead atoms. The molecule has 0 radical (unpaired) electrons. The summed E-state index contributed by atoms with van der Waals surface area (Å²) in [6.45, 7) is 3.99. The second-order valence-electron chi connectivity index (χ2n) is 8.37. The summed E-state index contributed by atoms with van der Waals surface area (Å²) in [6, 6.07) is 20.0. The van der Waals surface area contributed by atoms with Gasteiger partial charge in [0.2, 0.25) is 11.8 Å². The first-order chi connectivity index (χ1) is 16.4. The number of hydrogen-bond donors (Lipinski definition) is 2. The molecule has 3 aromatic carbocycles. The third-order valence-electron chi connectivity index (χ3n) is 5.99. The van der Waals surface area contributed by atoms with Crippen LogP contribution in [0.2, 0.25) is 0 Å². The summed E-state index contributed by atoms with van der Waals surface area (Å²) in [4.78, 5) is 40.2. The first kappa shape index (κ1) is 23.0. The minimum absolute atomic E-state index is 0.107. The van der Waals surface area contributed by atoms with Crippen molar-refractivity contribution >= 4 is 34.8 Å². The molecule has 0 saturated carbocycles. The van der Waals surface area contributed by atoms with Crippen molar-refractivity contribution in [2.75, 3.05) is 29.2 Å². The highest BCUT2D eigenvalue weighted by Gasteiger charge is 2.36. The summed E-state index contributed by atoms with van der Waals surface area (Å²) in [5, 5.41) is 5.78. The van der Waals surface area contributed by atoms with E-state index in [4.69, 9.17) is 4.74 Å². The van der Waals surface area contributed by atoms with E-state index in [2.05, 4.69) is 10.6 Å². The Balaban J connectivity index is 1.48. The molecule has 4 rings (SSSR count). The number of nitrogens with zero attached hydrogens (tertiary/aromatic N) is 1. The normalized spacial score (nSPS) is 15.2. The molecule has 34 heavy (non-hydrogen) atoms. The zero-order chi connectivity index (χ0) is 24.2. The summed E-state index contributed by atoms with van der Waals surface area (Å²) in [7, 11) is 1.56. The second-order valence-corrected chi connectivity index (χ2v) is 8.37. The maximum Gasteiger partial charge on any atom is 0.256 e. The van der Waals surface area contributed by atoms with Crippen LogP contribution in [0, 0.1) is 19.8 Å². The molecule has 0 aromatic heterocycles. The van der Waals surface area contributed by atoms with Gasteiger partial charge in [-0.15, -0.1) is 0 Å². The molecule has 7 nitrogen and oxygen atoms in total. The van der Waals surface area contributed by atoms with Crippen LogP contribution in [-0.4, -0.2) is 31.4 Å². The van der Waals surface area contributed by atoms with Gasteiger partial charge in [0.05, 0.1) is 18.7 Å². The molecule has 3 aromatic rings. The number of para-hydroxylation sites is 1. The average Bonchev–Trinajstić information content (AvgIpc) is 3.22. The molecular formula is C27H27N3O4. The van der Waals surface area contributed by atoms with Crippen LogP contribution in [0.25, 0.3) is 0 Å². The summed E-state index contributed by atoms with van der Waals surface area (Å²) >= 11 is 0. The van der Waals surface area contributed by atoms with Gasteiger partial charge in [-0.3, -0.25) is 14.4 Å². The quantitative estimate of drug-likeness (QED) is 0.568. The van der Waals surface area contributed by atoms with Gasteiger partial charge in [0.1, 0.15) is 5.75 Å². The van der Waals surface area contributed by atoms with E-state index in [1.165, 1.54) is 0 Å². The van der Waals surface area contributed by atoms with Crippen LogP contribution in [0.1, 0.15) is 27.9 Å². The standard InChI is InChI=1S/C27H27N3O4/c1-17-12-13-24(34-3)23(14-17)30-16-19(15-25(30)31)26(32)29-22-11-7-10-21(18(22)2)27(33)28-20-8-5-4-6-9-20/h4-14,19H,15-16H2,1-3H3,(H,28,33)(H,29,32). The van der Waals surface area contributed by atoms with E-state index in [1.807, 2.05) is 55.5 Å². The van der Waals surface area contributed by atoms with Crippen molar-refractivity contribution in [2.24, 2.45) is 5.92 Å². The van der Waals surface area contributed by atoms with E-state index in [0.29, 0.717) is 33.9 Å². The number of methoxy groups -OCH3 is 1. The summed E-state index contributed by atoms with van der Waals surface area (Å²) in [6.07, 6.45) is 0.107. The van der Waals surface area contributed by atoms with Crippen LogP contribution in [0.15, 0.2) is 66.7 Å². The Bertz CT molecular complexity index is 1240. The molecule has 174 valence electrons. The van der Waals surface area contributed by atoms with Gasteiger partial charge in [0, 0.05) is 29.9 Å². The zero-order valence-electron chi connectivity index (χ0n) is 19.4. The molecule has 0 spiro atoms. The predicted octanol–water partition coefficient (Wildman–Crippen LogP) is 4.56. The van der Waals surface area contributed by atoms with E-state index in [0.717, 1.165) is 5.56 Å². The highest BCUT2D eigenvalue weighted by Crippen LogP contribution is 2.34. The van der Waals surface area contributed by atoms with Crippen molar-refractivity contribution in [1.82, 2.24) is 0 Å². The maximum atomic E-state index is 13.1. The highest BCUT2D eigenvalue weighted by atomic mass is 16.5. The number of anilines is 3. The van der Waals surface area contributed by atoms with Gasteiger partial charge in [-0.1, -0.05) is 30.3 Å². The lowest BCUT2D eigenvalue weighted by Crippen LogP contribution is -2.28. The number of amides is 3. The van der Waals surface area contributed by atoms with Crippen LogP contribution in [0.3, 0.4) is 0 Å². The molecule has 1 atom stereocenters. The van der Waals surface area contributed by atoms with Gasteiger partial charge in [0.25, 0.3) is 5.91 Å².